The van der Waals surface area contributed by atoms with Gasteiger partial charge >= 0.3 is 0 Å². The zero-order valence-electron chi connectivity index (χ0n) is 35.0. The number of benzene rings is 11. The number of thiophene rings is 1. The first-order chi connectivity index (χ1) is 31.7. The molecule has 64 heavy (non-hydrogen) atoms. The van der Waals surface area contributed by atoms with E-state index in [-0.39, 0.29) is 0 Å². The summed E-state index contributed by atoms with van der Waals surface area (Å²) in [5.41, 5.74) is 15.4. The Hall–Kier alpha value is -8.04. The molecule has 1 aromatic heterocycles. The van der Waals surface area contributed by atoms with E-state index in [1.165, 1.54) is 97.4 Å². The molecule has 300 valence electrons. The summed E-state index contributed by atoms with van der Waals surface area (Å²) in [7, 11) is 0. The molecule has 12 aromatic rings. The summed E-state index contributed by atoms with van der Waals surface area (Å²) >= 11 is 1.88. The predicted molar refractivity (Wildman–Crippen MR) is 276 cm³/mol. The van der Waals surface area contributed by atoms with Crippen LogP contribution in [0.4, 0.5) is 17.1 Å². The smallest absolute Gasteiger partial charge is 0.0540 e. The lowest BCUT2D eigenvalue weighted by atomic mass is 9.96. The van der Waals surface area contributed by atoms with Gasteiger partial charge in [-0.15, -0.1) is 11.3 Å². The van der Waals surface area contributed by atoms with E-state index < -0.39 is 0 Å². The summed E-state index contributed by atoms with van der Waals surface area (Å²) in [5, 5.41) is 7.64. The van der Waals surface area contributed by atoms with Crippen LogP contribution in [-0.4, -0.2) is 0 Å². The molecule has 0 aliphatic carbocycles. The van der Waals surface area contributed by atoms with Gasteiger partial charge in [0.25, 0.3) is 0 Å². The fraction of sp³-hybridized carbons (Fsp3) is 0. The molecule has 0 aliphatic heterocycles. The molecule has 0 N–H and O–H groups in total. The van der Waals surface area contributed by atoms with Crippen LogP contribution in [-0.2, 0) is 0 Å². The third kappa shape index (κ3) is 6.82. The van der Waals surface area contributed by atoms with E-state index in [0.29, 0.717) is 0 Å². The standard InChI is InChI=1S/C62H41NS/c1-2-14-49-40-51(35-32-42(49)12-1)46-28-26-45(27-29-46)50-16-9-17-53(41-50)63(60-24-7-5-19-56(60)58-22-11-23-59-57-20-6-8-25-61(57)64-62(58)59)52-38-36-44(37-39-52)43-30-33-48(34-31-43)55-21-10-15-47-13-3-4-18-54(47)55/h1-41H. The number of fused-ring (bicyclic) bond motifs is 5. The SMILES string of the molecule is c1cc(-c2ccc(-c3ccc4ccccc4c3)cc2)cc(N(c2ccc(-c3ccc(-c4cccc5ccccc45)cc3)cc2)c2ccccc2-c2cccc3c2sc2ccccc23)c1. The van der Waals surface area contributed by atoms with Crippen LogP contribution >= 0.6 is 11.3 Å². The number of hydrogen-bond acceptors (Lipinski definition) is 2. The summed E-state index contributed by atoms with van der Waals surface area (Å²) in [6, 6.07) is 90.9. The van der Waals surface area contributed by atoms with Crippen LogP contribution in [0.1, 0.15) is 0 Å². The highest BCUT2D eigenvalue weighted by molar-refractivity contribution is 7.26. The van der Waals surface area contributed by atoms with Crippen LogP contribution in [0, 0.1) is 0 Å². The van der Waals surface area contributed by atoms with Gasteiger partial charge in [-0.2, -0.15) is 0 Å². The zero-order chi connectivity index (χ0) is 42.4. The third-order valence-electron chi connectivity index (χ3n) is 12.7. The van der Waals surface area contributed by atoms with Crippen molar-refractivity contribution in [2.45, 2.75) is 0 Å². The van der Waals surface area contributed by atoms with Gasteiger partial charge in [0.2, 0.25) is 0 Å². The van der Waals surface area contributed by atoms with Crippen molar-refractivity contribution in [1.29, 1.82) is 0 Å². The molecule has 12 rings (SSSR count). The first-order valence-corrected chi connectivity index (χ1v) is 22.7. The van der Waals surface area contributed by atoms with Gasteiger partial charge in [0.15, 0.2) is 0 Å². The highest BCUT2D eigenvalue weighted by atomic mass is 32.1. The van der Waals surface area contributed by atoms with E-state index in [1.54, 1.807) is 0 Å². The summed E-state index contributed by atoms with van der Waals surface area (Å²) in [5.74, 6) is 0. The molecular weight excluding hydrogens is 791 g/mol. The first kappa shape index (κ1) is 37.7. The van der Waals surface area contributed by atoms with Crippen molar-refractivity contribution in [3.8, 4) is 55.6 Å². The Labute approximate surface area is 377 Å². The molecule has 0 atom stereocenters. The van der Waals surface area contributed by atoms with Gasteiger partial charge < -0.3 is 4.90 Å². The predicted octanol–water partition coefficient (Wildman–Crippen LogP) is 18.2. The Bertz CT molecular complexity index is 3650. The van der Waals surface area contributed by atoms with E-state index in [2.05, 4.69) is 254 Å². The largest absolute Gasteiger partial charge is 0.310 e. The van der Waals surface area contributed by atoms with Gasteiger partial charge in [0.05, 0.1) is 5.69 Å². The van der Waals surface area contributed by atoms with E-state index in [9.17, 15) is 0 Å². The molecular formula is C62H41NS. The average Bonchev–Trinajstić information content (AvgIpc) is 3.76. The Kier molecular flexibility index (Phi) is 9.43. The van der Waals surface area contributed by atoms with Crippen LogP contribution in [0.2, 0.25) is 0 Å². The number of para-hydroxylation sites is 1. The molecule has 0 saturated carbocycles. The van der Waals surface area contributed by atoms with Crippen LogP contribution in [0.3, 0.4) is 0 Å². The Morgan fingerprint density at radius 2 is 0.781 bits per heavy atom. The van der Waals surface area contributed by atoms with Gasteiger partial charge in [-0.3, -0.25) is 0 Å². The van der Waals surface area contributed by atoms with Crippen molar-refractivity contribution in [3.05, 3.63) is 249 Å². The molecule has 0 aliphatic rings. The molecule has 11 aromatic carbocycles. The lowest BCUT2D eigenvalue weighted by molar-refractivity contribution is 1.28. The van der Waals surface area contributed by atoms with Crippen LogP contribution in [0.15, 0.2) is 249 Å². The van der Waals surface area contributed by atoms with Crippen molar-refractivity contribution in [1.82, 2.24) is 0 Å². The highest BCUT2D eigenvalue weighted by Gasteiger charge is 2.20. The lowest BCUT2D eigenvalue weighted by Crippen LogP contribution is -2.11. The molecule has 1 nitrogen and oxygen atoms in total. The number of hydrogen-bond donors (Lipinski definition) is 0. The summed E-state index contributed by atoms with van der Waals surface area (Å²) < 4.78 is 2.61. The van der Waals surface area contributed by atoms with Crippen molar-refractivity contribution in [3.63, 3.8) is 0 Å². The van der Waals surface area contributed by atoms with E-state index in [0.717, 1.165) is 17.1 Å². The van der Waals surface area contributed by atoms with Crippen molar-refractivity contribution in [2.75, 3.05) is 4.90 Å². The Morgan fingerprint density at radius 3 is 1.58 bits per heavy atom. The fourth-order valence-electron chi connectivity index (χ4n) is 9.45. The van der Waals surface area contributed by atoms with Crippen molar-refractivity contribution < 1.29 is 0 Å². The topological polar surface area (TPSA) is 3.24 Å². The molecule has 1 heterocycles. The van der Waals surface area contributed by atoms with Crippen LogP contribution < -0.4 is 4.90 Å². The minimum absolute atomic E-state index is 1.09. The maximum atomic E-state index is 2.43. The number of nitrogens with zero attached hydrogens (tertiary/aromatic N) is 1. The van der Waals surface area contributed by atoms with Crippen molar-refractivity contribution >= 4 is 70.1 Å². The minimum Gasteiger partial charge on any atom is -0.310 e. The van der Waals surface area contributed by atoms with Crippen LogP contribution in [0.5, 0.6) is 0 Å². The maximum Gasteiger partial charge on any atom is 0.0540 e. The molecule has 0 spiro atoms. The quantitative estimate of drug-likeness (QED) is 0.147. The van der Waals surface area contributed by atoms with E-state index >= 15 is 0 Å². The van der Waals surface area contributed by atoms with Gasteiger partial charge in [0.1, 0.15) is 0 Å². The van der Waals surface area contributed by atoms with Gasteiger partial charge in [-0.1, -0.05) is 206 Å². The Morgan fingerprint density at radius 1 is 0.266 bits per heavy atom. The molecule has 0 fully saturated rings. The highest BCUT2D eigenvalue weighted by Crippen LogP contribution is 2.46. The number of rotatable bonds is 8. The Balaban J connectivity index is 0.944. The van der Waals surface area contributed by atoms with Gasteiger partial charge in [0, 0.05) is 42.7 Å². The zero-order valence-corrected chi connectivity index (χ0v) is 35.8. The monoisotopic (exact) mass is 831 g/mol. The minimum atomic E-state index is 1.09. The van der Waals surface area contributed by atoms with Crippen molar-refractivity contribution in [2.24, 2.45) is 0 Å². The fourth-order valence-corrected chi connectivity index (χ4v) is 10.7. The normalized spacial score (nSPS) is 11.4. The second kappa shape index (κ2) is 16.0. The first-order valence-electron chi connectivity index (χ1n) is 21.9. The molecule has 0 radical (unpaired) electrons. The van der Waals surface area contributed by atoms with E-state index in [4.69, 9.17) is 0 Å². The van der Waals surface area contributed by atoms with Crippen LogP contribution in [0.25, 0.3) is 97.4 Å². The maximum absolute atomic E-state index is 2.43. The molecule has 0 bridgehead atoms. The summed E-state index contributed by atoms with van der Waals surface area (Å²) in [6.07, 6.45) is 0. The molecule has 0 unspecified atom stereocenters. The molecule has 0 amide bonds. The molecule has 0 saturated heterocycles. The van der Waals surface area contributed by atoms with Gasteiger partial charge in [-0.05, 0) is 109 Å². The number of anilines is 3. The third-order valence-corrected chi connectivity index (χ3v) is 13.9. The molecule has 2 heteroatoms. The second-order valence-corrected chi connectivity index (χ2v) is 17.5. The van der Waals surface area contributed by atoms with Gasteiger partial charge in [-0.25, -0.2) is 0 Å². The average molecular weight is 832 g/mol. The summed E-state index contributed by atoms with van der Waals surface area (Å²) in [6.45, 7) is 0. The van der Waals surface area contributed by atoms with E-state index in [1.807, 2.05) is 11.3 Å². The second-order valence-electron chi connectivity index (χ2n) is 16.5. The lowest BCUT2D eigenvalue weighted by Gasteiger charge is -2.28. The summed E-state index contributed by atoms with van der Waals surface area (Å²) in [4.78, 5) is 2.43.